The molecule has 1 aromatic heterocycles. The molecule has 1 aromatic carbocycles. The van der Waals surface area contributed by atoms with E-state index < -0.39 is 18.0 Å². The molecule has 1 amide bonds. The number of carbonyl (C=O) groups is 2. The fourth-order valence-corrected chi connectivity index (χ4v) is 3.11. The topological polar surface area (TPSA) is 84.1 Å². The van der Waals surface area contributed by atoms with Crippen LogP contribution in [0.25, 0.3) is 6.08 Å². The molecule has 1 unspecified atom stereocenters. The van der Waals surface area contributed by atoms with Crippen molar-refractivity contribution < 1.29 is 14.3 Å². The average Bonchev–Trinajstić information content (AvgIpc) is 2.93. The number of benzene rings is 1. The first-order chi connectivity index (χ1) is 13.8. The summed E-state index contributed by atoms with van der Waals surface area (Å²) in [6.45, 7) is 8.31. The standard InChI is InChI=1S/C22H24ClN3O3/c1-5-9-26-14(2)10-17(15(26)3)11-18(13-24)22(28)29-16(4)21(27)25-20-8-6-7-19(23)12-20/h6-8,10-12,16H,5,9H2,1-4H3,(H,25,27)/b18-11+. The summed E-state index contributed by atoms with van der Waals surface area (Å²) in [5.41, 5.74) is 3.13. The number of carbonyl (C=O) groups excluding carboxylic acids is 2. The van der Waals surface area contributed by atoms with Crippen LogP contribution in [-0.2, 0) is 20.9 Å². The Kier molecular flexibility index (Phi) is 7.63. The number of halogens is 1. The van der Waals surface area contributed by atoms with E-state index in [-0.39, 0.29) is 5.57 Å². The molecule has 0 spiro atoms. The lowest BCUT2D eigenvalue weighted by Gasteiger charge is -2.13. The number of esters is 1. The highest BCUT2D eigenvalue weighted by Crippen LogP contribution is 2.20. The van der Waals surface area contributed by atoms with Crippen molar-refractivity contribution in [2.45, 2.75) is 46.8 Å². The van der Waals surface area contributed by atoms with E-state index in [4.69, 9.17) is 16.3 Å². The molecule has 2 aromatic rings. The number of anilines is 1. The molecule has 7 heteroatoms. The summed E-state index contributed by atoms with van der Waals surface area (Å²) in [6, 6.07) is 10.4. The second kappa shape index (κ2) is 9.94. The van der Waals surface area contributed by atoms with Gasteiger partial charge in [0.1, 0.15) is 11.6 Å². The van der Waals surface area contributed by atoms with E-state index in [2.05, 4.69) is 16.8 Å². The molecule has 29 heavy (non-hydrogen) atoms. The van der Waals surface area contributed by atoms with Gasteiger partial charge in [-0.3, -0.25) is 4.79 Å². The van der Waals surface area contributed by atoms with Crippen LogP contribution in [0.5, 0.6) is 0 Å². The first kappa shape index (κ1) is 22.3. The first-order valence-corrected chi connectivity index (χ1v) is 9.70. The van der Waals surface area contributed by atoms with Crippen molar-refractivity contribution in [1.29, 1.82) is 5.26 Å². The third-order valence-electron chi connectivity index (χ3n) is 4.45. The maximum absolute atomic E-state index is 12.4. The number of rotatable bonds is 7. The Hall–Kier alpha value is -3.04. The van der Waals surface area contributed by atoms with Gasteiger partial charge >= 0.3 is 5.97 Å². The van der Waals surface area contributed by atoms with Crippen LogP contribution in [0, 0.1) is 25.2 Å². The van der Waals surface area contributed by atoms with Crippen molar-refractivity contribution >= 4 is 35.2 Å². The summed E-state index contributed by atoms with van der Waals surface area (Å²) < 4.78 is 7.31. The zero-order valence-electron chi connectivity index (χ0n) is 17.0. The molecule has 0 bridgehead atoms. The minimum absolute atomic E-state index is 0.163. The first-order valence-electron chi connectivity index (χ1n) is 9.32. The van der Waals surface area contributed by atoms with Gasteiger partial charge in [-0.1, -0.05) is 24.6 Å². The highest BCUT2D eigenvalue weighted by Gasteiger charge is 2.21. The van der Waals surface area contributed by atoms with Gasteiger partial charge < -0.3 is 14.6 Å². The van der Waals surface area contributed by atoms with Crippen LogP contribution in [0.4, 0.5) is 5.69 Å². The van der Waals surface area contributed by atoms with Gasteiger partial charge in [-0.2, -0.15) is 5.26 Å². The van der Waals surface area contributed by atoms with E-state index >= 15 is 0 Å². The number of nitrogens with one attached hydrogen (secondary N) is 1. The molecule has 1 atom stereocenters. The Balaban J connectivity index is 2.11. The zero-order chi connectivity index (χ0) is 21.6. The number of ether oxygens (including phenoxy) is 1. The number of hydrogen-bond donors (Lipinski definition) is 1. The molecule has 0 radical (unpaired) electrons. The SMILES string of the molecule is CCCn1c(C)cc(/C=C(\C#N)C(=O)OC(C)C(=O)Nc2cccc(Cl)c2)c1C. The maximum atomic E-state index is 12.4. The van der Waals surface area contributed by atoms with Crippen molar-refractivity contribution in [3.05, 3.63) is 57.9 Å². The molecule has 2 rings (SSSR count). The number of hydrogen-bond acceptors (Lipinski definition) is 4. The second-order valence-corrected chi connectivity index (χ2v) is 7.13. The summed E-state index contributed by atoms with van der Waals surface area (Å²) >= 11 is 5.89. The third-order valence-corrected chi connectivity index (χ3v) is 4.68. The van der Waals surface area contributed by atoms with Crippen molar-refractivity contribution in [2.24, 2.45) is 0 Å². The van der Waals surface area contributed by atoms with Crippen LogP contribution in [-0.4, -0.2) is 22.5 Å². The van der Waals surface area contributed by atoms with Crippen LogP contribution in [0.15, 0.2) is 35.9 Å². The van der Waals surface area contributed by atoms with Crippen LogP contribution >= 0.6 is 11.6 Å². The van der Waals surface area contributed by atoms with E-state index in [9.17, 15) is 14.9 Å². The van der Waals surface area contributed by atoms with E-state index in [0.717, 1.165) is 29.9 Å². The molecular weight excluding hydrogens is 390 g/mol. The predicted molar refractivity (Wildman–Crippen MR) is 113 cm³/mol. The van der Waals surface area contributed by atoms with E-state index in [1.165, 1.54) is 13.0 Å². The van der Waals surface area contributed by atoms with Crippen molar-refractivity contribution in [3.63, 3.8) is 0 Å². The zero-order valence-corrected chi connectivity index (χ0v) is 17.7. The summed E-state index contributed by atoms with van der Waals surface area (Å²) in [5, 5.41) is 12.5. The second-order valence-electron chi connectivity index (χ2n) is 6.70. The average molecular weight is 414 g/mol. The monoisotopic (exact) mass is 413 g/mol. The molecule has 0 aliphatic carbocycles. The van der Waals surface area contributed by atoms with Gasteiger partial charge in [0.2, 0.25) is 0 Å². The quantitative estimate of drug-likeness (QED) is 0.407. The number of aryl methyl sites for hydroxylation is 1. The molecule has 0 saturated carbocycles. The fourth-order valence-electron chi connectivity index (χ4n) is 2.92. The lowest BCUT2D eigenvalue weighted by molar-refractivity contribution is -0.148. The lowest BCUT2D eigenvalue weighted by atomic mass is 10.1. The van der Waals surface area contributed by atoms with Crippen LogP contribution in [0.2, 0.25) is 5.02 Å². The van der Waals surface area contributed by atoms with Crippen LogP contribution in [0.3, 0.4) is 0 Å². The third kappa shape index (κ3) is 5.72. The number of nitriles is 1. The van der Waals surface area contributed by atoms with Crippen molar-refractivity contribution in [3.8, 4) is 6.07 Å². The van der Waals surface area contributed by atoms with Gasteiger partial charge in [0.15, 0.2) is 6.10 Å². The molecule has 6 nitrogen and oxygen atoms in total. The Bertz CT molecular complexity index is 986. The van der Waals surface area contributed by atoms with E-state index in [1.54, 1.807) is 24.3 Å². The normalized spacial score (nSPS) is 12.2. The molecule has 152 valence electrons. The van der Waals surface area contributed by atoms with Gasteiger partial charge in [-0.15, -0.1) is 0 Å². The fraction of sp³-hybridized carbons (Fsp3) is 0.318. The Morgan fingerprint density at radius 1 is 1.34 bits per heavy atom. The summed E-state index contributed by atoms with van der Waals surface area (Å²) in [6.07, 6.45) is 1.40. The van der Waals surface area contributed by atoms with Crippen LogP contribution in [0.1, 0.15) is 37.2 Å². The molecule has 0 aliphatic heterocycles. The molecule has 1 heterocycles. The van der Waals surface area contributed by atoms with Gasteiger partial charge in [0.25, 0.3) is 5.91 Å². The molecule has 0 fully saturated rings. The number of amides is 1. The number of nitrogens with zero attached hydrogens (tertiary/aromatic N) is 2. The smallest absolute Gasteiger partial charge is 0.349 e. The van der Waals surface area contributed by atoms with Crippen LogP contribution < -0.4 is 5.32 Å². The molecular formula is C22H24ClN3O3. The van der Waals surface area contributed by atoms with Gasteiger partial charge in [-0.05, 0) is 63.1 Å². The van der Waals surface area contributed by atoms with Crippen molar-refractivity contribution in [1.82, 2.24) is 4.57 Å². The number of aromatic nitrogens is 1. The van der Waals surface area contributed by atoms with E-state index in [0.29, 0.717) is 10.7 Å². The predicted octanol–water partition coefficient (Wildman–Crippen LogP) is 4.65. The maximum Gasteiger partial charge on any atom is 0.349 e. The molecule has 0 saturated heterocycles. The highest BCUT2D eigenvalue weighted by atomic mass is 35.5. The van der Waals surface area contributed by atoms with Gasteiger partial charge in [-0.25, -0.2) is 4.79 Å². The van der Waals surface area contributed by atoms with Gasteiger partial charge in [0, 0.05) is 28.6 Å². The van der Waals surface area contributed by atoms with Crippen molar-refractivity contribution in [2.75, 3.05) is 5.32 Å². The largest absolute Gasteiger partial charge is 0.448 e. The van der Waals surface area contributed by atoms with Gasteiger partial charge in [0.05, 0.1) is 0 Å². The van der Waals surface area contributed by atoms with E-state index in [1.807, 2.05) is 26.0 Å². The summed E-state index contributed by atoms with van der Waals surface area (Å²) in [4.78, 5) is 24.7. The highest BCUT2D eigenvalue weighted by molar-refractivity contribution is 6.30. The minimum Gasteiger partial charge on any atom is -0.448 e. The molecule has 1 N–H and O–H groups in total. The molecule has 0 aliphatic rings. The Morgan fingerprint density at radius 3 is 2.69 bits per heavy atom. The summed E-state index contributed by atoms with van der Waals surface area (Å²) in [5.74, 6) is -1.36. The summed E-state index contributed by atoms with van der Waals surface area (Å²) in [7, 11) is 0. The minimum atomic E-state index is -1.08. The Labute approximate surface area is 175 Å². The Morgan fingerprint density at radius 2 is 2.07 bits per heavy atom. The lowest BCUT2D eigenvalue weighted by Crippen LogP contribution is -2.30.